The first kappa shape index (κ1) is 10.3. The van der Waals surface area contributed by atoms with Gasteiger partial charge in [0.25, 0.3) is 0 Å². The molecule has 0 unspecified atom stereocenters. The van der Waals surface area contributed by atoms with Crippen molar-refractivity contribution in [1.29, 1.82) is 0 Å². The van der Waals surface area contributed by atoms with Crippen molar-refractivity contribution in [3.8, 4) is 0 Å². The monoisotopic (exact) mass is 202 g/mol. The van der Waals surface area contributed by atoms with E-state index in [2.05, 4.69) is 5.32 Å². The van der Waals surface area contributed by atoms with Crippen molar-refractivity contribution in [1.82, 2.24) is 0 Å². The topological polar surface area (TPSA) is 38.0 Å². The Labute approximate surface area is 81.9 Å². The van der Waals surface area contributed by atoms with Gasteiger partial charge in [0, 0.05) is 13.1 Å². The quantitative estimate of drug-likeness (QED) is 0.789. The van der Waals surface area contributed by atoms with E-state index >= 15 is 0 Å². The Morgan fingerprint density at radius 3 is 2.85 bits per heavy atom. The summed E-state index contributed by atoms with van der Waals surface area (Å²) >= 11 is 5.87. The highest BCUT2D eigenvalue weighted by molar-refractivity contribution is 6.33. The summed E-state index contributed by atoms with van der Waals surface area (Å²) in [6.45, 7) is 2.75. The van der Waals surface area contributed by atoms with E-state index in [9.17, 15) is 4.39 Å². The molecule has 13 heavy (non-hydrogen) atoms. The molecule has 0 amide bonds. The Bertz CT molecular complexity index is 302. The van der Waals surface area contributed by atoms with Gasteiger partial charge in [0.15, 0.2) is 0 Å². The zero-order valence-electron chi connectivity index (χ0n) is 7.40. The molecule has 0 heterocycles. The van der Waals surface area contributed by atoms with Crippen LogP contribution in [-0.4, -0.2) is 13.1 Å². The van der Waals surface area contributed by atoms with Gasteiger partial charge in [-0.05, 0) is 24.6 Å². The van der Waals surface area contributed by atoms with E-state index in [-0.39, 0.29) is 5.82 Å². The number of anilines is 1. The molecule has 0 radical (unpaired) electrons. The molecule has 0 aliphatic carbocycles. The van der Waals surface area contributed by atoms with Crippen molar-refractivity contribution < 1.29 is 4.39 Å². The number of rotatable bonds is 3. The molecule has 0 saturated carbocycles. The van der Waals surface area contributed by atoms with Gasteiger partial charge in [-0.3, -0.25) is 0 Å². The molecule has 3 N–H and O–H groups in total. The molecule has 1 aromatic carbocycles. The number of nitrogens with one attached hydrogen (secondary N) is 1. The number of hydrogen-bond donors (Lipinski definition) is 2. The summed E-state index contributed by atoms with van der Waals surface area (Å²) in [5, 5.41) is 3.45. The van der Waals surface area contributed by atoms with Gasteiger partial charge in [-0.15, -0.1) is 0 Å². The van der Waals surface area contributed by atoms with Gasteiger partial charge in [0.05, 0.1) is 10.7 Å². The fourth-order valence-electron chi connectivity index (χ4n) is 0.989. The average Bonchev–Trinajstić information content (AvgIpc) is 2.09. The molecule has 0 aliphatic rings. The lowest BCUT2D eigenvalue weighted by Crippen LogP contribution is -2.13. The van der Waals surface area contributed by atoms with Crippen LogP contribution in [0.4, 0.5) is 10.1 Å². The van der Waals surface area contributed by atoms with Crippen molar-refractivity contribution in [2.75, 3.05) is 18.4 Å². The largest absolute Gasteiger partial charge is 0.382 e. The molecule has 4 heteroatoms. The van der Waals surface area contributed by atoms with Crippen molar-refractivity contribution in [3.05, 3.63) is 28.5 Å². The normalized spacial score (nSPS) is 10.2. The third kappa shape index (κ3) is 2.57. The predicted molar refractivity (Wildman–Crippen MR) is 53.7 cm³/mol. The van der Waals surface area contributed by atoms with Crippen molar-refractivity contribution in [3.63, 3.8) is 0 Å². The molecule has 72 valence electrons. The molecule has 1 aromatic rings. The van der Waals surface area contributed by atoms with Crippen molar-refractivity contribution in [2.24, 2.45) is 5.73 Å². The Balaban J connectivity index is 2.88. The van der Waals surface area contributed by atoms with Crippen molar-refractivity contribution >= 4 is 17.3 Å². The standard InChI is InChI=1S/C9H12ClFN2/c1-6-4-7(10)9(5-8(6)11)13-3-2-12/h4-5,13H,2-3,12H2,1H3. The van der Waals surface area contributed by atoms with Crippen LogP contribution in [0.2, 0.25) is 5.02 Å². The third-order valence-corrected chi connectivity index (χ3v) is 2.02. The maximum Gasteiger partial charge on any atom is 0.128 e. The molecule has 0 spiro atoms. The van der Waals surface area contributed by atoms with Crippen LogP contribution in [0.15, 0.2) is 12.1 Å². The summed E-state index contributed by atoms with van der Waals surface area (Å²) in [4.78, 5) is 0. The number of benzene rings is 1. The number of hydrogen-bond acceptors (Lipinski definition) is 2. The summed E-state index contributed by atoms with van der Waals surface area (Å²) in [6, 6.07) is 2.98. The Morgan fingerprint density at radius 1 is 1.54 bits per heavy atom. The van der Waals surface area contributed by atoms with Crippen LogP contribution in [0.5, 0.6) is 0 Å². The first-order chi connectivity index (χ1) is 6.15. The van der Waals surface area contributed by atoms with Crippen LogP contribution in [0, 0.1) is 12.7 Å². The van der Waals surface area contributed by atoms with E-state index in [1.54, 1.807) is 13.0 Å². The fraction of sp³-hybridized carbons (Fsp3) is 0.333. The molecular formula is C9H12ClFN2. The van der Waals surface area contributed by atoms with E-state index < -0.39 is 0 Å². The molecular weight excluding hydrogens is 191 g/mol. The first-order valence-electron chi connectivity index (χ1n) is 4.04. The molecule has 0 aliphatic heterocycles. The second kappa shape index (κ2) is 4.44. The predicted octanol–water partition coefficient (Wildman–Crippen LogP) is 2.16. The lowest BCUT2D eigenvalue weighted by atomic mass is 10.2. The molecule has 1 rings (SSSR count). The molecule has 0 fully saturated rings. The Hall–Kier alpha value is -0.800. The van der Waals surface area contributed by atoms with E-state index in [0.717, 1.165) is 0 Å². The molecule has 0 bridgehead atoms. The highest BCUT2D eigenvalue weighted by atomic mass is 35.5. The molecule has 0 aromatic heterocycles. The highest BCUT2D eigenvalue weighted by Crippen LogP contribution is 2.24. The second-order valence-electron chi connectivity index (χ2n) is 2.80. The fourth-order valence-corrected chi connectivity index (χ4v) is 1.27. The SMILES string of the molecule is Cc1cc(Cl)c(NCCN)cc1F. The summed E-state index contributed by atoms with van der Waals surface area (Å²) in [7, 11) is 0. The van der Waals surface area contributed by atoms with Crippen LogP contribution in [-0.2, 0) is 0 Å². The molecule has 0 saturated heterocycles. The molecule has 2 nitrogen and oxygen atoms in total. The van der Waals surface area contributed by atoms with Gasteiger partial charge >= 0.3 is 0 Å². The summed E-state index contributed by atoms with van der Waals surface area (Å²) in [5.41, 5.74) is 6.43. The van der Waals surface area contributed by atoms with E-state index in [1.807, 2.05) is 0 Å². The number of halogens is 2. The first-order valence-corrected chi connectivity index (χ1v) is 4.42. The van der Waals surface area contributed by atoms with E-state index in [1.165, 1.54) is 6.07 Å². The summed E-state index contributed by atoms with van der Waals surface area (Å²) < 4.78 is 13.1. The smallest absolute Gasteiger partial charge is 0.128 e. The van der Waals surface area contributed by atoms with E-state index in [4.69, 9.17) is 17.3 Å². The van der Waals surface area contributed by atoms with Gasteiger partial charge in [-0.25, -0.2) is 4.39 Å². The lowest BCUT2D eigenvalue weighted by molar-refractivity contribution is 0.619. The zero-order valence-corrected chi connectivity index (χ0v) is 8.16. The van der Waals surface area contributed by atoms with Crippen LogP contribution in [0.3, 0.4) is 0 Å². The average molecular weight is 203 g/mol. The van der Waals surface area contributed by atoms with Gasteiger partial charge in [0.1, 0.15) is 5.82 Å². The van der Waals surface area contributed by atoms with Gasteiger partial charge < -0.3 is 11.1 Å². The van der Waals surface area contributed by atoms with Crippen LogP contribution < -0.4 is 11.1 Å². The molecule has 0 atom stereocenters. The maximum atomic E-state index is 13.1. The third-order valence-electron chi connectivity index (χ3n) is 1.71. The lowest BCUT2D eigenvalue weighted by Gasteiger charge is -2.08. The van der Waals surface area contributed by atoms with Gasteiger partial charge in [-0.1, -0.05) is 11.6 Å². The van der Waals surface area contributed by atoms with Gasteiger partial charge in [0.2, 0.25) is 0 Å². The van der Waals surface area contributed by atoms with Gasteiger partial charge in [-0.2, -0.15) is 0 Å². The highest BCUT2D eigenvalue weighted by Gasteiger charge is 2.04. The minimum Gasteiger partial charge on any atom is -0.382 e. The van der Waals surface area contributed by atoms with Crippen LogP contribution in [0.1, 0.15) is 5.56 Å². The van der Waals surface area contributed by atoms with E-state index in [0.29, 0.717) is 29.4 Å². The number of nitrogens with two attached hydrogens (primary N) is 1. The van der Waals surface area contributed by atoms with Crippen LogP contribution in [0.25, 0.3) is 0 Å². The summed E-state index contributed by atoms with van der Waals surface area (Å²) in [5.74, 6) is -0.260. The second-order valence-corrected chi connectivity index (χ2v) is 3.20. The maximum absolute atomic E-state index is 13.1. The Morgan fingerprint density at radius 2 is 2.23 bits per heavy atom. The zero-order chi connectivity index (χ0) is 9.84. The van der Waals surface area contributed by atoms with Crippen LogP contribution >= 0.6 is 11.6 Å². The summed E-state index contributed by atoms with van der Waals surface area (Å²) in [6.07, 6.45) is 0. The minimum absolute atomic E-state index is 0.260. The minimum atomic E-state index is -0.260. The number of aryl methyl sites for hydroxylation is 1. The Kier molecular flexibility index (Phi) is 3.51. The van der Waals surface area contributed by atoms with Crippen molar-refractivity contribution in [2.45, 2.75) is 6.92 Å².